The van der Waals surface area contributed by atoms with E-state index < -0.39 is 34.3 Å². The zero-order chi connectivity index (χ0) is 21.6. The van der Waals surface area contributed by atoms with Crippen LogP contribution in [0.1, 0.15) is 10.4 Å². The maximum atomic E-state index is 13.5. The highest BCUT2D eigenvalue weighted by molar-refractivity contribution is 7.92. The number of hydrogen-bond donors (Lipinski definition) is 2. The summed E-state index contributed by atoms with van der Waals surface area (Å²) in [6.45, 7) is -0.622. The Morgan fingerprint density at radius 2 is 1.50 bits per heavy atom. The molecule has 0 aromatic heterocycles. The molecule has 0 unspecified atom stereocenters. The highest BCUT2D eigenvalue weighted by Gasteiger charge is 2.16. The monoisotopic (exact) mass is 428 g/mol. The lowest BCUT2D eigenvalue weighted by Crippen LogP contribution is -2.21. The Bertz CT molecular complexity index is 1150. The van der Waals surface area contributed by atoms with Crippen molar-refractivity contribution >= 4 is 33.3 Å². The number of carbonyl (C=O) groups is 2. The SMILES string of the molecule is O=C(COC(=O)c1ccc(S(=O)(=O)Nc2ccccc2)cc1)Nc1ccccc1F. The van der Waals surface area contributed by atoms with Crippen LogP contribution in [-0.2, 0) is 19.6 Å². The third-order valence-corrected chi connectivity index (χ3v) is 5.31. The van der Waals surface area contributed by atoms with Gasteiger partial charge in [-0.1, -0.05) is 30.3 Å². The number of para-hydroxylation sites is 2. The minimum atomic E-state index is -3.82. The van der Waals surface area contributed by atoms with Crippen LogP contribution in [0.3, 0.4) is 0 Å². The first-order valence-corrected chi connectivity index (χ1v) is 10.2. The number of sulfonamides is 1. The predicted molar refractivity (Wildman–Crippen MR) is 109 cm³/mol. The van der Waals surface area contributed by atoms with Gasteiger partial charge in [0.05, 0.1) is 16.1 Å². The van der Waals surface area contributed by atoms with Gasteiger partial charge in [-0.2, -0.15) is 0 Å². The van der Waals surface area contributed by atoms with E-state index in [1.54, 1.807) is 36.4 Å². The molecule has 0 aliphatic heterocycles. The number of anilines is 2. The maximum Gasteiger partial charge on any atom is 0.338 e. The Balaban J connectivity index is 1.58. The molecule has 154 valence electrons. The van der Waals surface area contributed by atoms with Crippen LogP contribution >= 0.6 is 0 Å². The van der Waals surface area contributed by atoms with Crippen molar-refractivity contribution in [3.63, 3.8) is 0 Å². The van der Waals surface area contributed by atoms with Crippen LogP contribution in [0.15, 0.2) is 83.8 Å². The van der Waals surface area contributed by atoms with E-state index in [2.05, 4.69) is 10.0 Å². The molecule has 0 spiro atoms. The lowest BCUT2D eigenvalue weighted by atomic mass is 10.2. The summed E-state index contributed by atoms with van der Waals surface area (Å²) < 4.78 is 45.6. The molecular weight excluding hydrogens is 411 g/mol. The number of rotatable bonds is 7. The lowest BCUT2D eigenvalue weighted by Gasteiger charge is -2.09. The molecule has 0 bridgehead atoms. The number of esters is 1. The molecule has 0 aliphatic carbocycles. The summed E-state index contributed by atoms with van der Waals surface area (Å²) in [6, 6.07) is 19.0. The molecule has 0 radical (unpaired) electrons. The Labute approximate surface area is 172 Å². The van der Waals surface area contributed by atoms with Crippen LogP contribution in [-0.4, -0.2) is 26.9 Å². The van der Waals surface area contributed by atoms with Gasteiger partial charge in [0.15, 0.2) is 6.61 Å². The number of ether oxygens (including phenoxy) is 1. The molecule has 3 rings (SSSR count). The lowest BCUT2D eigenvalue weighted by molar-refractivity contribution is -0.119. The van der Waals surface area contributed by atoms with Crippen LogP contribution in [0.25, 0.3) is 0 Å². The Hall–Kier alpha value is -3.72. The number of carbonyl (C=O) groups excluding carboxylic acids is 2. The van der Waals surface area contributed by atoms with Crippen LogP contribution < -0.4 is 10.0 Å². The van der Waals surface area contributed by atoms with Gasteiger partial charge in [0.2, 0.25) is 0 Å². The van der Waals surface area contributed by atoms with E-state index in [1.807, 2.05) is 0 Å². The largest absolute Gasteiger partial charge is 0.452 e. The van der Waals surface area contributed by atoms with E-state index in [1.165, 1.54) is 42.5 Å². The fraction of sp³-hybridized carbons (Fsp3) is 0.0476. The average molecular weight is 428 g/mol. The summed E-state index contributed by atoms with van der Waals surface area (Å²) in [5.41, 5.74) is 0.438. The van der Waals surface area contributed by atoms with Gasteiger partial charge in [-0.25, -0.2) is 17.6 Å². The number of nitrogens with one attached hydrogen (secondary N) is 2. The third-order valence-electron chi connectivity index (χ3n) is 3.91. The first-order valence-electron chi connectivity index (χ1n) is 8.74. The van der Waals surface area contributed by atoms with E-state index in [4.69, 9.17) is 4.74 Å². The Morgan fingerprint density at radius 3 is 2.17 bits per heavy atom. The molecule has 2 N–H and O–H groups in total. The highest BCUT2D eigenvalue weighted by Crippen LogP contribution is 2.17. The van der Waals surface area contributed by atoms with E-state index in [9.17, 15) is 22.4 Å². The molecule has 0 aliphatic rings. The molecule has 0 fully saturated rings. The standard InChI is InChI=1S/C21H17FN2O5S/c22-18-8-4-5-9-19(18)23-20(25)14-29-21(26)15-10-12-17(13-11-15)30(27,28)24-16-6-2-1-3-7-16/h1-13,24H,14H2,(H,23,25). The Kier molecular flexibility index (Phi) is 6.43. The smallest absolute Gasteiger partial charge is 0.338 e. The molecule has 0 saturated carbocycles. The quantitative estimate of drug-likeness (QED) is 0.562. The fourth-order valence-corrected chi connectivity index (χ4v) is 3.51. The van der Waals surface area contributed by atoms with Gasteiger partial charge in [-0.05, 0) is 48.5 Å². The van der Waals surface area contributed by atoms with Crippen molar-refractivity contribution in [2.75, 3.05) is 16.6 Å². The van der Waals surface area contributed by atoms with Gasteiger partial charge in [0.25, 0.3) is 15.9 Å². The van der Waals surface area contributed by atoms with Crippen LogP contribution in [0.5, 0.6) is 0 Å². The average Bonchev–Trinajstić information content (AvgIpc) is 2.74. The number of amides is 1. The molecule has 3 aromatic rings. The van der Waals surface area contributed by atoms with Gasteiger partial charge in [-0.15, -0.1) is 0 Å². The minimum absolute atomic E-state index is 0.0287. The molecule has 0 heterocycles. The normalized spacial score (nSPS) is 10.8. The van der Waals surface area contributed by atoms with Gasteiger partial charge >= 0.3 is 5.97 Å². The summed E-state index contributed by atoms with van der Waals surface area (Å²) in [5, 5.41) is 2.29. The van der Waals surface area contributed by atoms with E-state index in [0.717, 1.165) is 0 Å². The highest BCUT2D eigenvalue weighted by atomic mass is 32.2. The van der Waals surface area contributed by atoms with E-state index in [0.29, 0.717) is 5.69 Å². The van der Waals surface area contributed by atoms with E-state index in [-0.39, 0.29) is 16.1 Å². The summed E-state index contributed by atoms with van der Waals surface area (Å²) in [6.07, 6.45) is 0. The van der Waals surface area contributed by atoms with E-state index >= 15 is 0 Å². The molecule has 0 atom stereocenters. The van der Waals surface area contributed by atoms with Crippen molar-refractivity contribution in [2.45, 2.75) is 4.90 Å². The number of benzene rings is 3. The van der Waals surface area contributed by atoms with Crippen molar-refractivity contribution in [3.05, 3.63) is 90.2 Å². The minimum Gasteiger partial charge on any atom is -0.452 e. The van der Waals surface area contributed by atoms with Gasteiger partial charge < -0.3 is 10.1 Å². The molecule has 0 saturated heterocycles. The molecule has 9 heteroatoms. The van der Waals surface area contributed by atoms with Crippen LogP contribution in [0.4, 0.5) is 15.8 Å². The van der Waals surface area contributed by atoms with Gasteiger partial charge in [0, 0.05) is 5.69 Å². The second kappa shape index (κ2) is 9.19. The van der Waals surface area contributed by atoms with Gasteiger partial charge in [-0.3, -0.25) is 9.52 Å². The van der Waals surface area contributed by atoms with Crippen molar-refractivity contribution in [3.8, 4) is 0 Å². The molecule has 7 nitrogen and oxygen atoms in total. The topological polar surface area (TPSA) is 102 Å². The zero-order valence-electron chi connectivity index (χ0n) is 15.5. The maximum absolute atomic E-state index is 13.5. The molecule has 1 amide bonds. The first-order chi connectivity index (χ1) is 14.3. The van der Waals surface area contributed by atoms with Crippen molar-refractivity contribution in [1.29, 1.82) is 0 Å². The van der Waals surface area contributed by atoms with Crippen molar-refractivity contribution in [1.82, 2.24) is 0 Å². The van der Waals surface area contributed by atoms with Crippen molar-refractivity contribution in [2.24, 2.45) is 0 Å². The Morgan fingerprint density at radius 1 is 0.867 bits per heavy atom. The second-order valence-corrected chi connectivity index (χ2v) is 7.78. The third kappa shape index (κ3) is 5.42. The number of hydrogen-bond acceptors (Lipinski definition) is 5. The van der Waals surface area contributed by atoms with Gasteiger partial charge in [0.1, 0.15) is 5.82 Å². The summed E-state index contributed by atoms with van der Waals surface area (Å²) in [7, 11) is -3.82. The summed E-state index contributed by atoms with van der Waals surface area (Å²) >= 11 is 0. The predicted octanol–water partition coefficient (Wildman–Crippen LogP) is 3.42. The molecular formula is C21H17FN2O5S. The van der Waals surface area contributed by atoms with Crippen LogP contribution in [0.2, 0.25) is 0 Å². The molecule has 3 aromatic carbocycles. The van der Waals surface area contributed by atoms with Crippen LogP contribution in [0, 0.1) is 5.82 Å². The summed E-state index contributed by atoms with van der Waals surface area (Å²) in [5.74, 6) is -2.14. The summed E-state index contributed by atoms with van der Waals surface area (Å²) in [4.78, 5) is 23.9. The molecule has 30 heavy (non-hydrogen) atoms. The zero-order valence-corrected chi connectivity index (χ0v) is 16.4. The van der Waals surface area contributed by atoms with Crippen molar-refractivity contribution < 1.29 is 27.1 Å². The number of halogens is 1. The second-order valence-electron chi connectivity index (χ2n) is 6.10. The fourth-order valence-electron chi connectivity index (χ4n) is 2.45. The first kappa shape index (κ1) is 21.0.